The van der Waals surface area contributed by atoms with Crippen LogP contribution in [-0.2, 0) is 0 Å². The lowest BCUT2D eigenvalue weighted by Gasteiger charge is -2.01. The van der Waals surface area contributed by atoms with E-state index in [0.29, 0.717) is 5.65 Å². The molecule has 0 aliphatic carbocycles. The Bertz CT molecular complexity index is 517. The number of hydrogen-bond acceptors (Lipinski definition) is 4. The Labute approximate surface area is 73.9 Å². The van der Waals surface area contributed by atoms with Crippen molar-refractivity contribution in [3.63, 3.8) is 0 Å². The van der Waals surface area contributed by atoms with Gasteiger partial charge in [-0.15, -0.1) is 0 Å². The fourth-order valence-corrected chi connectivity index (χ4v) is 1.19. The summed E-state index contributed by atoms with van der Waals surface area (Å²) in [6.07, 6.45) is 1.62. The van der Waals surface area contributed by atoms with E-state index in [1.807, 2.05) is 13.0 Å². The molecule has 5 nitrogen and oxygen atoms in total. The van der Waals surface area contributed by atoms with Gasteiger partial charge in [0.15, 0.2) is 0 Å². The molecule has 0 amide bonds. The zero-order valence-electron chi connectivity index (χ0n) is 7.06. The van der Waals surface area contributed by atoms with Gasteiger partial charge in [0.1, 0.15) is 5.65 Å². The summed E-state index contributed by atoms with van der Waals surface area (Å²) in [7, 11) is 0. The molecule has 0 saturated carbocycles. The number of fused-ring (bicyclic) bond motifs is 1. The number of anilines is 1. The average Bonchev–Trinajstić information content (AvgIpc) is 2.07. The Morgan fingerprint density at radius 3 is 3.00 bits per heavy atom. The molecule has 0 bridgehead atoms. The van der Waals surface area contributed by atoms with E-state index in [1.54, 1.807) is 12.3 Å². The monoisotopic (exact) mass is 176 g/mol. The lowest BCUT2D eigenvalue weighted by atomic mass is 10.3. The summed E-state index contributed by atoms with van der Waals surface area (Å²) in [5, 5.41) is 0. The lowest BCUT2D eigenvalue weighted by molar-refractivity contribution is 0.944. The van der Waals surface area contributed by atoms with Crippen molar-refractivity contribution in [3.05, 3.63) is 34.4 Å². The van der Waals surface area contributed by atoms with Crippen molar-refractivity contribution in [3.8, 4) is 0 Å². The van der Waals surface area contributed by atoms with E-state index in [2.05, 4.69) is 9.97 Å². The van der Waals surface area contributed by atoms with Crippen LogP contribution >= 0.6 is 0 Å². The van der Waals surface area contributed by atoms with Gasteiger partial charge in [-0.2, -0.15) is 9.97 Å². The highest BCUT2D eigenvalue weighted by molar-refractivity contribution is 5.47. The lowest BCUT2D eigenvalue weighted by Crippen LogP contribution is -2.20. The van der Waals surface area contributed by atoms with Crippen LogP contribution in [0.15, 0.2) is 23.1 Å². The maximum Gasteiger partial charge on any atom is 0.356 e. The van der Waals surface area contributed by atoms with Gasteiger partial charge in [0.05, 0.1) is 0 Å². The number of aryl methyl sites for hydroxylation is 1. The Kier molecular flexibility index (Phi) is 1.51. The third-order valence-electron chi connectivity index (χ3n) is 1.80. The molecule has 0 aliphatic rings. The van der Waals surface area contributed by atoms with E-state index in [-0.39, 0.29) is 5.95 Å². The molecule has 0 atom stereocenters. The number of hydrogen-bond donors (Lipinski definition) is 1. The largest absolute Gasteiger partial charge is 0.368 e. The number of nitrogen functional groups attached to an aromatic ring is 1. The predicted octanol–water partition coefficient (Wildman–Crippen LogP) is -0.0199. The zero-order valence-corrected chi connectivity index (χ0v) is 7.06. The van der Waals surface area contributed by atoms with Gasteiger partial charge in [0, 0.05) is 6.20 Å². The molecule has 2 aromatic heterocycles. The first kappa shape index (κ1) is 7.72. The average molecular weight is 176 g/mol. The second-order valence-electron chi connectivity index (χ2n) is 2.75. The van der Waals surface area contributed by atoms with Crippen LogP contribution in [0.1, 0.15) is 5.56 Å². The van der Waals surface area contributed by atoms with Crippen LogP contribution < -0.4 is 11.4 Å². The molecule has 2 rings (SSSR count). The third-order valence-corrected chi connectivity index (χ3v) is 1.80. The fourth-order valence-electron chi connectivity index (χ4n) is 1.19. The molecule has 2 N–H and O–H groups in total. The van der Waals surface area contributed by atoms with Crippen molar-refractivity contribution < 1.29 is 0 Å². The Hall–Kier alpha value is -1.91. The summed E-state index contributed by atoms with van der Waals surface area (Å²) < 4.78 is 1.37. The van der Waals surface area contributed by atoms with Crippen molar-refractivity contribution in [1.29, 1.82) is 0 Å². The Morgan fingerprint density at radius 1 is 1.46 bits per heavy atom. The molecule has 13 heavy (non-hydrogen) atoms. The third kappa shape index (κ3) is 1.14. The number of pyridine rings is 1. The molecule has 0 aromatic carbocycles. The van der Waals surface area contributed by atoms with E-state index >= 15 is 0 Å². The van der Waals surface area contributed by atoms with Gasteiger partial charge < -0.3 is 5.73 Å². The highest BCUT2D eigenvalue weighted by atomic mass is 16.1. The molecular weight excluding hydrogens is 168 g/mol. The number of nitrogens with zero attached hydrogens (tertiary/aromatic N) is 3. The highest BCUT2D eigenvalue weighted by Crippen LogP contribution is 2.03. The van der Waals surface area contributed by atoms with Crippen LogP contribution in [0, 0.1) is 6.92 Å². The van der Waals surface area contributed by atoms with Crippen molar-refractivity contribution in [2.45, 2.75) is 6.92 Å². The molecule has 0 saturated heterocycles. The van der Waals surface area contributed by atoms with E-state index in [0.717, 1.165) is 5.56 Å². The quantitative estimate of drug-likeness (QED) is 0.612. The second-order valence-corrected chi connectivity index (χ2v) is 2.75. The zero-order chi connectivity index (χ0) is 9.42. The molecule has 0 spiro atoms. The van der Waals surface area contributed by atoms with Gasteiger partial charge in [-0.3, -0.25) is 4.40 Å². The van der Waals surface area contributed by atoms with Gasteiger partial charge in [-0.25, -0.2) is 4.79 Å². The minimum atomic E-state index is -0.397. The molecular formula is C8H8N4O. The normalized spacial score (nSPS) is 10.5. The standard InChI is InChI=1S/C8H8N4O/c1-5-3-2-4-12-6(5)10-7(9)11-8(12)13/h2-4H,1H3,(H2,9,11,13). The van der Waals surface area contributed by atoms with Crippen LogP contribution in [-0.4, -0.2) is 14.4 Å². The maximum atomic E-state index is 11.3. The first-order valence-electron chi connectivity index (χ1n) is 3.80. The molecule has 0 unspecified atom stereocenters. The minimum Gasteiger partial charge on any atom is -0.368 e. The Morgan fingerprint density at radius 2 is 2.23 bits per heavy atom. The van der Waals surface area contributed by atoms with Crippen LogP contribution in [0.25, 0.3) is 5.65 Å². The predicted molar refractivity (Wildman–Crippen MR) is 48.4 cm³/mol. The summed E-state index contributed by atoms with van der Waals surface area (Å²) in [6.45, 7) is 1.86. The van der Waals surface area contributed by atoms with Gasteiger partial charge in [0.25, 0.3) is 0 Å². The first-order chi connectivity index (χ1) is 6.18. The van der Waals surface area contributed by atoms with E-state index in [9.17, 15) is 4.79 Å². The molecule has 2 heterocycles. The number of nitrogens with two attached hydrogens (primary N) is 1. The molecule has 5 heteroatoms. The first-order valence-corrected chi connectivity index (χ1v) is 3.80. The summed E-state index contributed by atoms with van der Waals surface area (Å²) in [4.78, 5) is 18.8. The summed E-state index contributed by atoms with van der Waals surface area (Å²) in [5.41, 5.74) is 6.41. The number of aromatic nitrogens is 3. The van der Waals surface area contributed by atoms with Gasteiger partial charge in [-0.05, 0) is 18.6 Å². The number of rotatable bonds is 0. The SMILES string of the molecule is Cc1cccn2c(=O)nc(N)nc12. The summed E-state index contributed by atoms with van der Waals surface area (Å²) in [5.74, 6) is 0.0132. The van der Waals surface area contributed by atoms with Crippen LogP contribution in [0.4, 0.5) is 5.95 Å². The van der Waals surface area contributed by atoms with E-state index in [1.165, 1.54) is 4.40 Å². The fraction of sp³-hybridized carbons (Fsp3) is 0.125. The van der Waals surface area contributed by atoms with Gasteiger partial charge >= 0.3 is 5.69 Å². The van der Waals surface area contributed by atoms with Crippen molar-refractivity contribution in [2.24, 2.45) is 0 Å². The molecule has 0 aliphatic heterocycles. The van der Waals surface area contributed by atoms with Crippen molar-refractivity contribution in [1.82, 2.24) is 14.4 Å². The minimum absolute atomic E-state index is 0.0132. The summed E-state index contributed by atoms with van der Waals surface area (Å²) >= 11 is 0. The topological polar surface area (TPSA) is 73.3 Å². The van der Waals surface area contributed by atoms with Crippen LogP contribution in [0.2, 0.25) is 0 Å². The van der Waals surface area contributed by atoms with E-state index < -0.39 is 5.69 Å². The van der Waals surface area contributed by atoms with E-state index in [4.69, 9.17) is 5.73 Å². The highest BCUT2D eigenvalue weighted by Gasteiger charge is 2.01. The van der Waals surface area contributed by atoms with Crippen molar-refractivity contribution in [2.75, 3.05) is 5.73 Å². The molecule has 2 aromatic rings. The molecule has 66 valence electrons. The summed E-state index contributed by atoms with van der Waals surface area (Å²) in [6, 6.07) is 3.63. The van der Waals surface area contributed by atoms with Gasteiger partial charge in [0.2, 0.25) is 5.95 Å². The van der Waals surface area contributed by atoms with Crippen LogP contribution in [0.5, 0.6) is 0 Å². The second kappa shape index (κ2) is 2.55. The van der Waals surface area contributed by atoms with Crippen molar-refractivity contribution >= 4 is 11.6 Å². The van der Waals surface area contributed by atoms with Crippen LogP contribution in [0.3, 0.4) is 0 Å². The maximum absolute atomic E-state index is 11.3. The molecule has 0 radical (unpaired) electrons. The Balaban J connectivity index is 3.03. The smallest absolute Gasteiger partial charge is 0.356 e. The van der Waals surface area contributed by atoms with Gasteiger partial charge in [-0.1, -0.05) is 6.07 Å². The molecule has 0 fully saturated rings.